The molecule has 0 fully saturated rings. The van der Waals surface area contributed by atoms with Gasteiger partial charge in [0.05, 0.1) is 12.2 Å². The Morgan fingerprint density at radius 3 is 2.86 bits per heavy atom. The Bertz CT molecular complexity index is 1220. The molecule has 3 aromatic heterocycles. The summed E-state index contributed by atoms with van der Waals surface area (Å²) in [4.78, 5) is 32.1. The lowest BCUT2D eigenvalue weighted by Crippen LogP contribution is -2.28. The van der Waals surface area contributed by atoms with E-state index in [2.05, 4.69) is 15.3 Å². The van der Waals surface area contributed by atoms with Gasteiger partial charge in [0.15, 0.2) is 6.61 Å². The number of hydrogen-bond donors (Lipinski definition) is 1. The van der Waals surface area contributed by atoms with Crippen molar-refractivity contribution in [2.24, 2.45) is 0 Å². The SMILES string of the molecule is Cc1cc(=O)oc2cc(OCC(=O)NCc3csc(-c4ccncc4)n3)ccc12. The van der Waals surface area contributed by atoms with Crippen LogP contribution in [0.25, 0.3) is 21.5 Å². The number of nitrogens with one attached hydrogen (secondary N) is 1. The van der Waals surface area contributed by atoms with Gasteiger partial charge in [0.25, 0.3) is 5.91 Å². The highest BCUT2D eigenvalue weighted by atomic mass is 32.1. The second kappa shape index (κ2) is 8.24. The van der Waals surface area contributed by atoms with E-state index in [9.17, 15) is 9.59 Å². The topological polar surface area (TPSA) is 94.3 Å². The largest absolute Gasteiger partial charge is 0.484 e. The fourth-order valence-corrected chi connectivity index (χ4v) is 3.63. The van der Waals surface area contributed by atoms with E-state index >= 15 is 0 Å². The van der Waals surface area contributed by atoms with Crippen molar-refractivity contribution in [2.75, 3.05) is 6.61 Å². The van der Waals surface area contributed by atoms with Gasteiger partial charge in [-0.25, -0.2) is 9.78 Å². The maximum Gasteiger partial charge on any atom is 0.336 e. The number of carbonyl (C=O) groups excluding carboxylic acids is 1. The Morgan fingerprint density at radius 1 is 1.21 bits per heavy atom. The van der Waals surface area contributed by atoms with Gasteiger partial charge < -0.3 is 14.5 Å². The van der Waals surface area contributed by atoms with Gasteiger partial charge in [0.1, 0.15) is 16.3 Å². The van der Waals surface area contributed by atoms with Crippen LogP contribution in [-0.2, 0) is 11.3 Å². The predicted octanol–water partition coefficient (Wildman–Crippen LogP) is 3.32. The van der Waals surface area contributed by atoms with Gasteiger partial charge in [-0.2, -0.15) is 0 Å². The van der Waals surface area contributed by atoms with Gasteiger partial charge in [0.2, 0.25) is 0 Å². The van der Waals surface area contributed by atoms with Crippen LogP contribution in [0.15, 0.2) is 63.4 Å². The molecule has 0 aliphatic carbocycles. The normalized spacial score (nSPS) is 10.8. The molecule has 0 bridgehead atoms. The molecule has 1 amide bonds. The molecule has 0 aliphatic rings. The van der Waals surface area contributed by atoms with Crippen molar-refractivity contribution in [3.05, 3.63) is 75.8 Å². The zero-order valence-electron chi connectivity index (χ0n) is 15.5. The van der Waals surface area contributed by atoms with Crippen LogP contribution >= 0.6 is 11.3 Å². The highest BCUT2D eigenvalue weighted by Gasteiger charge is 2.09. The smallest absolute Gasteiger partial charge is 0.336 e. The second-order valence-electron chi connectivity index (χ2n) is 6.35. The number of thiazole rings is 1. The number of rotatable bonds is 6. The summed E-state index contributed by atoms with van der Waals surface area (Å²) in [6, 6.07) is 10.4. The molecule has 0 atom stereocenters. The van der Waals surface area contributed by atoms with Gasteiger partial charge in [0, 0.05) is 40.9 Å². The van der Waals surface area contributed by atoms with Crippen LogP contribution in [0.1, 0.15) is 11.3 Å². The molecule has 0 aliphatic heterocycles. The number of carbonyl (C=O) groups is 1. The molecule has 3 heterocycles. The molecule has 1 aromatic carbocycles. The van der Waals surface area contributed by atoms with E-state index < -0.39 is 5.63 Å². The molecular weight excluding hydrogens is 390 g/mol. The van der Waals surface area contributed by atoms with E-state index in [-0.39, 0.29) is 12.5 Å². The summed E-state index contributed by atoms with van der Waals surface area (Å²) in [5.74, 6) is 0.185. The first-order valence-corrected chi connectivity index (χ1v) is 9.75. The van der Waals surface area contributed by atoms with Crippen molar-refractivity contribution in [3.63, 3.8) is 0 Å². The van der Waals surface area contributed by atoms with Gasteiger partial charge >= 0.3 is 5.63 Å². The number of ether oxygens (including phenoxy) is 1. The number of aromatic nitrogens is 2. The zero-order valence-corrected chi connectivity index (χ0v) is 16.4. The summed E-state index contributed by atoms with van der Waals surface area (Å²) in [5.41, 5.74) is 2.61. The van der Waals surface area contributed by atoms with Crippen molar-refractivity contribution in [3.8, 4) is 16.3 Å². The Hall–Kier alpha value is -3.52. The fourth-order valence-electron chi connectivity index (χ4n) is 2.80. The summed E-state index contributed by atoms with van der Waals surface area (Å²) < 4.78 is 10.7. The van der Waals surface area contributed by atoms with Gasteiger partial charge in [-0.3, -0.25) is 9.78 Å². The molecular formula is C21H17N3O4S. The molecule has 0 saturated heterocycles. The highest BCUT2D eigenvalue weighted by molar-refractivity contribution is 7.13. The maximum absolute atomic E-state index is 12.1. The molecule has 4 rings (SSSR count). The zero-order chi connectivity index (χ0) is 20.2. The first-order valence-electron chi connectivity index (χ1n) is 8.87. The molecule has 4 aromatic rings. The number of amides is 1. The van der Waals surface area contributed by atoms with Crippen LogP contribution in [-0.4, -0.2) is 22.5 Å². The minimum Gasteiger partial charge on any atom is -0.484 e. The van der Waals surface area contributed by atoms with Crippen molar-refractivity contribution in [1.82, 2.24) is 15.3 Å². The van der Waals surface area contributed by atoms with E-state index in [1.54, 1.807) is 30.6 Å². The van der Waals surface area contributed by atoms with Crippen LogP contribution in [0.4, 0.5) is 0 Å². The molecule has 0 saturated carbocycles. The van der Waals surface area contributed by atoms with Crippen molar-refractivity contribution in [2.45, 2.75) is 13.5 Å². The molecule has 29 heavy (non-hydrogen) atoms. The Labute approximate surface area is 170 Å². The van der Waals surface area contributed by atoms with Gasteiger partial charge in [-0.15, -0.1) is 11.3 Å². The van der Waals surface area contributed by atoms with Crippen LogP contribution in [0.5, 0.6) is 5.75 Å². The minimum atomic E-state index is -0.417. The molecule has 0 radical (unpaired) electrons. The number of benzene rings is 1. The molecule has 0 unspecified atom stereocenters. The Kier molecular flexibility index (Phi) is 5.35. The lowest BCUT2D eigenvalue weighted by Gasteiger charge is -2.08. The maximum atomic E-state index is 12.1. The summed E-state index contributed by atoms with van der Waals surface area (Å²) in [6.45, 7) is 2.00. The fraction of sp³-hybridized carbons (Fsp3) is 0.143. The third kappa shape index (κ3) is 4.49. The standard InChI is InChI=1S/C21H17N3O4S/c1-13-8-20(26)28-18-9-16(2-3-17(13)18)27-11-19(25)23-10-15-12-29-21(24-15)14-4-6-22-7-5-14/h2-9,12H,10-11H2,1H3,(H,23,25). The summed E-state index contributed by atoms with van der Waals surface area (Å²) in [5, 5.41) is 6.40. The van der Waals surface area contributed by atoms with Crippen molar-refractivity contribution < 1.29 is 13.9 Å². The van der Waals surface area contributed by atoms with Gasteiger partial charge in [-0.05, 0) is 36.8 Å². The summed E-state index contributed by atoms with van der Waals surface area (Å²) in [6.07, 6.45) is 3.43. The van der Waals surface area contributed by atoms with Crippen LogP contribution in [0.2, 0.25) is 0 Å². The lowest BCUT2D eigenvalue weighted by molar-refractivity contribution is -0.123. The third-order valence-electron chi connectivity index (χ3n) is 4.24. The van der Waals surface area contributed by atoms with Crippen LogP contribution in [0.3, 0.4) is 0 Å². The van der Waals surface area contributed by atoms with E-state index in [0.29, 0.717) is 17.9 Å². The van der Waals surface area contributed by atoms with Crippen LogP contribution in [0, 0.1) is 6.92 Å². The molecule has 1 N–H and O–H groups in total. The Morgan fingerprint density at radius 2 is 2.03 bits per heavy atom. The minimum absolute atomic E-state index is 0.150. The third-order valence-corrected chi connectivity index (χ3v) is 5.18. The predicted molar refractivity (Wildman–Crippen MR) is 110 cm³/mol. The number of aryl methyl sites for hydroxylation is 1. The molecule has 8 heteroatoms. The number of nitrogens with zero attached hydrogens (tertiary/aromatic N) is 2. The summed E-state index contributed by atoms with van der Waals surface area (Å²) >= 11 is 1.51. The highest BCUT2D eigenvalue weighted by Crippen LogP contribution is 2.23. The van der Waals surface area contributed by atoms with E-state index in [0.717, 1.165) is 27.2 Å². The van der Waals surface area contributed by atoms with Crippen molar-refractivity contribution in [1.29, 1.82) is 0 Å². The lowest BCUT2D eigenvalue weighted by atomic mass is 10.1. The molecule has 7 nitrogen and oxygen atoms in total. The first-order chi connectivity index (χ1) is 14.1. The van der Waals surface area contributed by atoms with Crippen LogP contribution < -0.4 is 15.7 Å². The second-order valence-corrected chi connectivity index (χ2v) is 7.21. The van der Waals surface area contributed by atoms with Crippen molar-refractivity contribution >= 4 is 28.2 Å². The Balaban J connectivity index is 1.33. The molecule has 146 valence electrons. The summed E-state index contributed by atoms with van der Waals surface area (Å²) in [7, 11) is 0. The number of hydrogen-bond acceptors (Lipinski definition) is 7. The monoisotopic (exact) mass is 407 g/mol. The average molecular weight is 407 g/mol. The van der Waals surface area contributed by atoms with E-state index in [1.807, 2.05) is 24.4 Å². The quantitative estimate of drug-likeness (QED) is 0.493. The van der Waals surface area contributed by atoms with Gasteiger partial charge in [-0.1, -0.05) is 0 Å². The molecule has 0 spiro atoms. The number of fused-ring (bicyclic) bond motifs is 1. The number of pyridine rings is 1. The average Bonchev–Trinajstić information content (AvgIpc) is 3.20. The van der Waals surface area contributed by atoms with E-state index in [1.165, 1.54) is 17.4 Å². The van der Waals surface area contributed by atoms with E-state index in [4.69, 9.17) is 9.15 Å². The first kappa shape index (κ1) is 18.8.